The van der Waals surface area contributed by atoms with Crippen LogP contribution in [0.25, 0.3) is 0 Å². The monoisotopic (exact) mass is 239 g/mol. The fraction of sp³-hybridized carbons (Fsp3) is 0.615. The first-order chi connectivity index (χ1) is 10.1. The Morgan fingerprint density at radius 3 is 1.94 bits per heavy atom. The van der Waals surface area contributed by atoms with E-state index in [0.717, 1.165) is 0 Å². The first-order valence-corrected chi connectivity index (χ1v) is 5.52. The van der Waals surface area contributed by atoms with Crippen LogP contribution in [0.2, 0.25) is 0 Å². The Morgan fingerprint density at radius 2 is 1.53 bits per heavy atom. The van der Waals surface area contributed by atoms with E-state index in [1.807, 2.05) is 27.7 Å². The number of nitrogens with zero attached hydrogens (tertiary/aromatic N) is 1. The highest BCUT2D eigenvalue weighted by Crippen LogP contribution is 2.36. The van der Waals surface area contributed by atoms with E-state index in [9.17, 15) is 0 Å². The van der Waals surface area contributed by atoms with E-state index in [0.29, 0.717) is 5.46 Å². The van der Waals surface area contributed by atoms with Crippen molar-refractivity contribution in [1.82, 2.24) is 4.98 Å². The van der Waals surface area contributed by atoms with Gasteiger partial charge in [-0.25, -0.2) is 0 Å². The lowest BCUT2D eigenvalue weighted by atomic mass is 9.79. The van der Waals surface area contributed by atoms with Crippen molar-refractivity contribution in [3.05, 3.63) is 23.5 Å². The van der Waals surface area contributed by atoms with Gasteiger partial charge in [0.25, 0.3) is 0 Å². The van der Waals surface area contributed by atoms with E-state index in [1.165, 1.54) is 12.1 Å². The van der Waals surface area contributed by atoms with E-state index in [2.05, 4.69) is 4.98 Å². The molecule has 1 aliphatic heterocycles. The van der Waals surface area contributed by atoms with Crippen molar-refractivity contribution in [2.75, 3.05) is 0 Å². The van der Waals surface area contributed by atoms with Crippen LogP contribution in [0.5, 0.6) is 0 Å². The lowest BCUT2D eigenvalue weighted by Gasteiger charge is -2.32. The molecule has 0 aliphatic carbocycles. The lowest BCUT2D eigenvalue weighted by molar-refractivity contribution is 0.00578. The van der Waals surface area contributed by atoms with E-state index in [-0.39, 0.29) is 11.4 Å². The molecule has 0 N–H and O–H groups in total. The van der Waals surface area contributed by atoms with Crippen LogP contribution in [-0.2, 0) is 9.31 Å². The standard InChI is InChI=1S/C13H20BNO2/c1-9-7-11(8-10(2)15-9)14-16-12(3,4)13(5,6)17-14/h7-8H,1-6H3/i1D3,2D3. The summed E-state index contributed by atoms with van der Waals surface area (Å²) < 4.78 is 56.8. The Kier molecular flexibility index (Phi) is 1.55. The van der Waals surface area contributed by atoms with Crippen molar-refractivity contribution in [3.63, 3.8) is 0 Å². The van der Waals surface area contributed by atoms with Gasteiger partial charge in [-0.1, -0.05) is 0 Å². The highest BCUT2D eigenvalue weighted by Gasteiger charge is 2.51. The molecule has 4 heteroatoms. The summed E-state index contributed by atoms with van der Waals surface area (Å²) in [6, 6.07) is 2.65. The van der Waals surface area contributed by atoms with E-state index < -0.39 is 32.0 Å². The largest absolute Gasteiger partial charge is 0.494 e. The molecule has 0 unspecified atom stereocenters. The molecule has 1 fully saturated rings. The molecule has 0 aromatic carbocycles. The Bertz CT molecular complexity index is 563. The van der Waals surface area contributed by atoms with Gasteiger partial charge < -0.3 is 9.31 Å². The van der Waals surface area contributed by atoms with Gasteiger partial charge in [-0.2, -0.15) is 0 Å². The summed E-state index contributed by atoms with van der Waals surface area (Å²) >= 11 is 0. The van der Waals surface area contributed by atoms with Crippen LogP contribution in [0.15, 0.2) is 12.1 Å². The second kappa shape index (κ2) is 3.82. The molecule has 1 saturated heterocycles. The van der Waals surface area contributed by atoms with E-state index in [4.69, 9.17) is 17.5 Å². The minimum Gasteiger partial charge on any atom is -0.399 e. The maximum absolute atomic E-state index is 7.50. The van der Waals surface area contributed by atoms with Crippen molar-refractivity contribution >= 4 is 12.6 Å². The van der Waals surface area contributed by atoms with Crippen molar-refractivity contribution < 1.29 is 17.5 Å². The van der Waals surface area contributed by atoms with Crippen LogP contribution in [0.3, 0.4) is 0 Å². The molecular weight excluding hydrogens is 213 g/mol. The summed E-state index contributed by atoms with van der Waals surface area (Å²) in [6.07, 6.45) is 0. The van der Waals surface area contributed by atoms with Gasteiger partial charge in [0.05, 0.1) is 11.2 Å². The Labute approximate surface area is 112 Å². The molecule has 1 aromatic heterocycles. The zero-order valence-electron chi connectivity index (χ0n) is 16.5. The molecular formula is C13H20BNO2. The Balaban J connectivity index is 2.51. The summed E-state index contributed by atoms with van der Waals surface area (Å²) in [5.41, 5.74) is -1.44. The van der Waals surface area contributed by atoms with Crippen LogP contribution in [0, 0.1) is 13.7 Å². The molecule has 2 heterocycles. The Hall–Kier alpha value is -0.865. The normalized spacial score (nSPS) is 28.6. The molecule has 3 nitrogen and oxygen atoms in total. The first kappa shape index (κ1) is 6.91. The van der Waals surface area contributed by atoms with Crippen molar-refractivity contribution in [2.24, 2.45) is 0 Å². The van der Waals surface area contributed by atoms with Crippen molar-refractivity contribution in [3.8, 4) is 0 Å². The summed E-state index contributed by atoms with van der Waals surface area (Å²) in [5.74, 6) is 0. The molecule has 0 saturated carbocycles. The number of aromatic nitrogens is 1. The number of hydrogen-bond acceptors (Lipinski definition) is 3. The fourth-order valence-corrected chi connectivity index (χ4v) is 1.67. The van der Waals surface area contributed by atoms with Gasteiger partial charge in [0.15, 0.2) is 0 Å². The third kappa shape index (κ3) is 2.24. The molecule has 0 radical (unpaired) electrons. The fourth-order valence-electron chi connectivity index (χ4n) is 1.67. The second-order valence-corrected chi connectivity index (χ2v) is 5.26. The summed E-state index contributed by atoms with van der Waals surface area (Å²) in [4.78, 5) is 3.78. The van der Waals surface area contributed by atoms with Crippen LogP contribution in [0.1, 0.15) is 47.3 Å². The van der Waals surface area contributed by atoms with Crippen LogP contribution >= 0.6 is 0 Å². The van der Waals surface area contributed by atoms with Crippen LogP contribution in [-0.4, -0.2) is 23.3 Å². The third-order valence-corrected chi connectivity index (χ3v) is 3.37. The van der Waals surface area contributed by atoms with Gasteiger partial charge in [0, 0.05) is 19.6 Å². The summed E-state index contributed by atoms with van der Waals surface area (Å²) in [6.45, 7) is 2.43. The van der Waals surface area contributed by atoms with Gasteiger partial charge >= 0.3 is 7.12 Å². The van der Waals surface area contributed by atoms with Gasteiger partial charge in [0.2, 0.25) is 0 Å². The molecule has 1 aliphatic rings. The molecule has 0 amide bonds. The van der Waals surface area contributed by atoms with Crippen molar-refractivity contribution in [2.45, 2.75) is 52.6 Å². The molecule has 1 aromatic rings. The molecule has 0 atom stereocenters. The van der Waals surface area contributed by atoms with Gasteiger partial charge in [-0.3, -0.25) is 4.98 Å². The van der Waals surface area contributed by atoms with Gasteiger partial charge in [0.1, 0.15) is 0 Å². The smallest absolute Gasteiger partial charge is 0.399 e. The van der Waals surface area contributed by atoms with Crippen LogP contribution < -0.4 is 5.46 Å². The number of pyridine rings is 1. The molecule has 92 valence electrons. The van der Waals surface area contributed by atoms with Gasteiger partial charge in [-0.05, 0) is 59.0 Å². The maximum atomic E-state index is 7.50. The second-order valence-electron chi connectivity index (χ2n) is 5.26. The van der Waals surface area contributed by atoms with E-state index in [1.54, 1.807) is 0 Å². The minimum atomic E-state index is -2.51. The molecule has 17 heavy (non-hydrogen) atoms. The minimum absolute atomic E-state index is 0.282. The predicted molar refractivity (Wildman–Crippen MR) is 69.4 cm³/mol. The third-order valence-electron chi connectivity index (χ3n) is 3.37. The number of aryl methyl sites for hydroxylation is 2. The molecule has 2 rings (SSSR count). The topological polar surface area (TPSA) is 31.4 Å². The average Bonchev–Trinajstić information content (AvgIpc) is 2.56. The SMILES string of the molecule is [2H]C([2H])([2H])c1cc(B2OC(C)(C)C(C)(C)O2)cc(C([2H])([2H])[2H])n1. The number of hydrogen-bond donors (Lipinski definition) is 0. The summed E-state index contributed by atoms with van der Waals surface area (Å²) in [7, 11) is -0.842. The molecule has 0 spiro atoms. The molecule has 0 bridgehead atoms. The predicted octanol–water partition coefficient (Wildman–Crippen LogP) is 2.00. The quantitative estimate of drug-likeness (QED) is 0.702. The lowest BCUT2D eigenvalue weighted by Crippen LogP contribution is -2.41. The average molecular weight is 239 g/mol. The summed E-state index contributed by atoms with van der Waals surface area (Å²) in [5, 5.41) is 0. The number of rotatable bonds is 1. The zero-order chi connectivity index (χ0) is 17.8. The maximum Gasteiger partial charge on any atom is 0.494 e. The van der Waals surface area contributed by atoms with Crippen LogP contribution in [0.4, 0.5) is 0 Å². The van der Waals surface area contributed by atoms with Gasteiger partial charge in [-0.15, -0.1) is 0 Å². The zero-order valence-corrected chi connectivity index (χ0v) is 10.5. The first-order valence-electron chi connectivity index (χ1n) is 8.52. The van der Waals surface area contributed by atoms with E-state index >= 15 is 0 Å². The highest BCUT2D eigenvalue weighted by molar-refractivity contribution is 6.62. The Morgan fingerprint density at radius 1 is 1.06 bits per heavy atom. The van der Waals surface area contributed by atoms with Crippen molar-refractivity contribution in [1.29, 1.82) is 0 Å². The highest BCUT2D eigenvalue weighted by atomic mass is 16.7.